The van der Waals surface area contributed by atoms with Crippen LogP contribution >= 0.6 is 0 Å². The Kier molecular flexibility index (Phi) is 4.37. The molecule has 1 heterocycles. The molecule has 1 aromatic rings. The molecule has 0 bridgehead atoms. The summed E-state index contributed by atoms with van der Waals surface area (Å²) in [7, 11) is 3.25. The number of rotatable bonds is 4. The maximum atomic E-state index is 13.9. The summed E-state index contributed by atoms with van der Waals surface area (Å²) in [5, 5.41) is 3.29. The molecule has 0 radical (unpaired) electrons. The van der Waals surface area contributed by atoms with Crippen LogP contribution < -0.4 is 10.1 Å². The van der Waals surface area contributed by atoms with Crippen molar-refractivity contribution in [2.24, 2.45) is 0 Å². The fourth-order valence-corrected chi connectivity index (χ4v) is 2.28. The Balaban J connectivity index is 1.94. The Morgan fingerprint density at radius 3 is 3.00 bits per heavy atom. The van der Waals surface area contributed by atoms with E-state index in [2.05, 4.69) is 5.32 Å². The molecule has 4 nitrogen and oxygen atoms in total. The fraction of sp³-hybridized carbons (Fsp3) is 0.500. The molecule has 0 spiro atoms. The fourth-order valence-electron chi connectivity index (χ4n) is 2.28. The van der Waals surface area contributed by atoms with E-state index in [1.165, 1.54) is 7.11 Å². The van der Waals surface area contributed by atoms with Crippen molar-refractivity contribution in [3.05, 3.63) is 29.6 Å². The largest absolute Gasteiger partial charge is 0.494 e. The Bertz CT molecular complexity index is 465. The van der Waals surface area contributed by atoms with Crippen molar-refractivity contribution in [3.8, 4) is 5.75 Å². The lowest BCUT2D eigenvalue weighted by molar-refractivity contribution is -0.132. The van der Waals surface area contributed by atoms with E-state index in [1.54, 1.807) is 30.1 Å². The van der Waals surface area contributed by atoms with Gasteiger partial charge in [0.15, 0.2) is 11.6 Å². The SMILES string of the molecule is COc1cccc(CNC2CCC(=O)N(C)C2)c1F. The molecule has 104 valence electrons. The Morgan fingerprint density at radius 1 is 1.53 bits per heavy atom. The van der Waals surface area contributed by atoms with E-state index in [0.29, 0.717) is 25.1 Å². The molecule has 1 unspecified atom stereocenters. The zero-order valence-electron chi connectivity index (χ0n) is 11.3. The summed E-state index contributed by atoms with van der Waals surface area (Å²) in [4.78, 5) is 13.1. The molecule has 2 rings (SSSR count). The molecule has 1 amide bonds. The van der Waals surface area contributed by atoms with Crippen LogP contribution in [0.2, 0.25) is 0 Å². The van der Waals surface area contributed by atoms with Gasteiger partial charge in [0.05, 0.1) is 7.11 Å². The highest BCUT2D eigenvalue weighted by Gasteiger charge is 2.22. The molecule has 19 heavy (non-hydrogen) atoms. The number of carbonyl (C=O) groups excluding carboxylic acids is 1. The predicted molar refractivity (Wildman–Crippen MR) is 70.5 cm³/mol. The lowest BCUT2D eigenvalue weighted by Crippen LogP contribution is -2.46. The Morgan fingerprint density at radius 2 is 2.32 bits per heavy atom. The van der Waals surface area contributed by atoms with Crippen LogP contribution in [0.25, 0.3) is 0 Å². The van der Waals surface area contributed by atoms with Gasteiger partial charge in [0.2, 0.25) is 5.91 Å². The van der Waals surface area contributed by atoms with Crippen molar-refractivity contribution >= 4 is 5.91 Å². The first-order valence-corrected chi connectivity index (χ1v) is 6.40. The third-order valence-corrected chi connectivity index (χ3v) is 3.47. The Hall–Kier alpha value is -1.62. The van der Waals surface area contributed by atoms with E-state index in [1.807, 2.05) is 0 Å². The molecule has 1 saturated heterocycles. The summed E-state index contributed by atoms with van der Waals surface area (Å²) in [6.45, 7) is 1.11. The number of nitrogens with one attached hydrogen (secondary N) is 1. The quantitative estimate of drug-likeness (QED) is 0.899. The number of hydrogen-bond acceptors (Lipinski definition) is 3. The maximum Gasteiger partial charge on any atom is 0.222 e. The maximum absolute atomic E-state index is 13.9. The number of likely N-dealkylation sites (tertiary alicyclic amines) is 1. The van der Waals surface area contributed by atoms with Crippen molar-refractivity contribution < 1.29 is 13.9 Å². The molecule has 5 heteroatoms. The molecule has 0 saturated carbocycles. The summed E-state index contributed by atoms with van der Waals surface area (Å²) in [6, 6.07) is 5.33. The van der Waals surface area contributed by atoms with Gasteiger partial charge >= 0.3 is 0 Å². The molecule has 0 aromatic heterocycles. The molecule has 1 aliphatic heterocycles. The van der Waals surface area contributed by atoms with Gasteiger partial charge in [-0.1, -0.05) is 12.1 Å². The predicted octanol–water partition coefficient (Wildman–Crippen LogP) is 1.54. The molecule has 1 N–H and O–H groups in total. The van der Waals surface area contributed by atoms with Crippen LogP contribution in [-0.4, -0.2) is 37.6 Å². The van der Waals surface area contributed by atoms with Crippen LogP contribution in [0, 0.1) is 5.82 Å². The second-order valence-corrected chi connectivity index (χ2v) is 4.82. The highest BCUT2D eigenvalue weighted by atomic mass is 19.1. The summed E-state index contributed by atoms with van der Waals surface area (Å²) >= 11 is 0. The summed E-state index contributed by atoms with van der Waals surface area (Å²) < 4.78 is 18.9. The van der Waals surface area contributed by atoms with Crippen LogP contribution in [-0.2, 0) is 11.3 Å². The lowest BCUT2D eigenvalue weighted by atomic mass is 10.1. The van der Waals surface area contributed by atoms with Crippen LogP contribution in [0.15, 0.2) is 18.2 Å². The minimum Gasteiger partial charge on any atom is -0.494 e. The van der Waals surface area contributed by atoms with Gasteiger partial charge in [-0.2, -0.15) is 0 Å². The normalized spacial score (nSPS) is 19.6. The number of benzene rings is 1. The van der Waals surface area contributed by atoms with Crippen LogP contribution in [0.5, 0.6) is 5.75 Å². The van der Waals surface area contributed by atoms with Gasteiger partial charge in [0.1, 0.15) is 0 Å². The van der Waals surface area contributed by atoms with E-state index in [4.69, 9.17) is 4.74 Å². The van der Waals surface area contributed by atoms with Crippen LogP contribution in [0.1, 0.15) is 18.4 Å². The summed E-state index contributed by atoms with van der Waals surface area (Å²) in [5.74, 6) is 0.110. The van der Waals surface area contributed by atoms with Crippen molar-refractivity contribution in [2.45, 2.75) is 25.4 Å². The standard InChI is InChI=1S/C14H19FN2O2/c1-17-9-11(6-7-13(17)18)16-8-10-4-3-5-12(19-2)14(10)15/h3-5,11,16H,6-9H2,1-2H3. The van der Waals surface area contributed by atoms with Gasteiger partial charge in [0.25, 0.3) is 0 Å². The first-order valence-electron chi connectivity index (χ1n) is 6.40. The zero-order chi connectivity index (χ0) is 13.8. The van der Waals surface area contributed by atoms with E-state index < -0.39 is 0 Å². The van der Waals surface area contributed by atoms with E-state index >= 15 is 0 Å². The third-order valence-electron chi connectivity index (χ3n) is 3.47. The van der Waals surface area contributed by atoms with E-state index in [9.17, 15) is 9.18 Å². The van der Waals surface area contributed by atoms with Gasteiger partial charge in [-0.15, -0.1) is 0 Å². The van der Waals surface area contributed by atoms with Crippen molar-refractivity contribution in [1.82, 2.24) is 10.2 Å². The summed E-state index contributed by atoms with van der Waals surface area (Å²) in [5.41, 5.74) is 0.582. The van der Waals surface area contributed by atoms with E-state index in [-0.39, 0.29) is 23.5 Å². The van der Waals surface area contributed by atoms with Gasteiger partial charge in [0, 0.05) is 38.2 Å². The molecular weight excluding hydrogens is 247 g/mol. The zero-order valence-corrected chi connectivity index (χ0v) is 11.3. The van der Waals surface area contributed by atoms with Gasteiger partial charge in [-0.3, -0.25) is 4.79 Å². The van der Waals surface area contributed by atoms with Crippen LogP contribution in [0.3, 0.4) is 0 Å². The number of ether oxygens (including phenoxy) is 1. The van der Waals surface area contributed by atoms with Crippen molar-refractivity contribution in [3.63, 3.8) is 0 Å². The second-order valence-electron chi connectivity index (χ2n) is 4.82. The number of hydrogen-bond donors (Lipinski definition) is 1. The highest BCUT2D eigenvalue weighted by Crippen LogP contribution is 2.20. The average Bonchev–Trinajstić information content (AvgIpc) is 2.41. The molecule has 1 atom stereocenters. The molecule has 1 fully saturated rings. The lowest BCUT2D eigenvalue weighted by Gasteiger charge is -2.30. The highest BCUT2D eigenvalue weighted by molar-refractivity contribution is 5.76. The second kappa shape index (κ2) is 6.02. The van der Waals surface area contributed by atoms with E-state index in [0.717, 1.165) is 6.42 Å². The number of amides is 1. The number of methoxy groups -OCH3 is 1. The molecule has 1 aromatic carbocycles. The van der Waals surface area contributed by atoms with Crippen LogP contribution in [0.4, 0.5) is 4.39 Å². The number of halogens is 1. The smallest absolute Gasteiger partial charge is 0.222 e. The number of likely N-dealkylation sites (N-methyl/N-ethyl adjacent to an activating group) is 1. The van der Waals surface area contributed by atoms with Crippen molar-refractivity contribution in [1.29, 1.82) is 0 Å². The third kappa shape index (κ3) is 3.23. The van der Waals surface area contributed by atoms with Gasteiger partial charge in [-0.05, 0) is 12.5 Å². The minimum atomic E-state index is -0.322. The summed E-state index contributed by atoms with van der Waals surface area (Å²) in [6.07, 6.45) is 1.35. The minimum absolute atomic E-state index is 0.172. The van der Waals surface area contributed by atoms with Gasteiger partial charge < -0.3 is 15.0 Å². The monoisotopic (exact) mass is 266 g/mol. The van der Waals surface area contributed by atoms with Crippen molar-refractivity contribution in [2.75, 3.05) is 20.7 Å². The average molecular weight is 266 g/mol. The first-order chi connectivity index (χ1) is 9.11. The topological polar surface area (TPSA) is 41.6 Å². The molecule has 0 aliphatic carbocycles. The Labute approximate surface area is 112 Å². The van der Waals surface area contributed by atoms with Gasteiger partial charge in [-0.25, -0.2) is 4.39 Å². The number of carbonyl (C=O) groups is 1. The number of piperidine rings is 1. The molecular formula is C14H19FN2O2. The first kappa shape index (κ1) is 13.8. The number of nitrogens with zero attached hydrogens (tertiary/aromatic N) is 1. The molecule has 1 aliphatic rings.